The van der Waals surface area contributed by atoms with E-state index in [0.717, 1.165) is 30.4 Å². The Morgan fingerprint density at radius 3 is 2.76 bits per heavy atom. The summed E-state index contributed by atoms with van der Waals surface area (Å²) in [6, 6.07) is 5.18. The van der Waals surface area contributed by atoms with Crippen LogP contribution in [-0.2, 0) is 10.0 Å². The lowest BCUT2D eigenvalue weighted by atomic mass is 10.1. The van der Waals surface area contributed by atoms with Gasteiger partial charge < -0.3 is 5.73 Å². The van der Waals surface area contributed by atoms with E-state index < -0.39 is 10.0 Å². The Bertz CT molecular complexity index is 671. The fourth-order valence-electron chi connectivity index (χ4n) is 2.65. The molecule has 0 aromatic heterocycles. The molecule has 1 aromatic carbocycles. The van der Waals surface area contributed by atoms with Crippen LogP contribution in [0.5, 0.6) is 0 Å². The average molecular weight is 306 g/mol. The van der Waals surface area contributed by atoms with Gasteiger partial charge in [0.2, 0.25) is 10.0 Å². The van der Waals surface area contributed by atoms with Gasteiger partial charge in [-0.3, -0.25) is 0 Å². The minimum Gasteiger partial charge on any atom is -0.320 e. The van der Waals surface area contributed by atoms with Crippen molar-refractivity contribution >= 4 is 10.0 Å². The number of sulfonamides is 1. The Labute approximate surface area is 127 Å². The standard InChI is InChI=1S/C16H22N2O2S/c1-13-12-16(9-8-15(13)7-5-10-17)21(19,20)18-11-4-3-6-14(18)2/h8-9,12,14H,3-4,6,10-11,17H2,1-2H3. The van der Waals surface area contributed by atoms with Crippen LogP contribution < -0.4 is 5.73 Å². The molecule has 0 aliphatic carbocycles. The van der Waals surface area contributed by atoms with Crippen LogP contribution in [0.4, 0.5) is 0 Å². The number of benzene rings is 1. The number of hydrogen-bond acceptors (Lipinski definition) is 3. The van der Waals surface area contributed by atoms with Gasteiger partial charge in [-0.25, -0.2) is 8.42 Å². The molecule has 1 heterocycles. The first kappa shape index (κ1) is 16.0. The van der Waals surface area contributed by atoms with Crippen LogP contribution >= 0.6 is 0 Å². The van der Waals surface area contributed by atoms with Crippen LogP contribution in [0.3, 0.4) is 0 Å². The van der Waals surface area contributed by atoms with Gasteiger partial charge in [0.25, 0.3) is 0 Å². The van der Waals surface area contributed by atoms with Gasteiger partial charge in [-0.05, 0) is 50.5 Å². The second-order valence-corrected chi connectivity index (χ2v) is 7.33. The lowest BCUT2D eigenvalue weighted by Crippen LogP contribution is -2.41. The summed E-state index contributed by atoms with van der Waals surface area (Å²) in [6.07, 6.45) is 2.96. The Balaban J connectivity index is 2.34. The molecule has 0 bridgehead atoms. The minimum absolute atomic E-state index is 0.0702. The highest BCUT2D eigenvalue weighted by atomic mass is 32.2. The summed E-state index contributed by atoms with van der Waals surface area (Å²) in [5.41, 5.74) is 7.05. The molecule has 0 amide bonds. The molecule has 114 valence electrons. The molecular formula is C16H22N2O2S. The van der Waals surface area contributed by atoms with Crippen LogP contribution in [0.2, 0.25) is 0 Å². The Morgan fingerprint density at radius 1 is 1.38 bits per heavy atom. The summed E-state index contributed by atoms with van der Waals surface area (Å²) in [6.45, 7) is 4.76. The fourth-order valence-corrected chi connectivity index (χ4v) is 4.43. The van der Waals surface area contributed by atoms with Crippen LogP contribution in [0.25, 0.3) is 0 Å². The highest BCUT2D eigenvalue weighted by Crippen LogP contribution is 2.26. The highest BCUT2D eigenvalue weighted by Gasteiger charge is 2.30. The first-order valence-electron chi connectivity index (χ1n) is 7.28. The topological polar surface area (TPSA) is 63.4 Å². The van der Waals surface area contributed by atoms with Gasteiger partial charge in [-0.1, -0.05) is 18.3 Å². The maximum atomic E-state index is 12.7. The first-order valence-corrected chi connectivity index (χ1v) is 8.72. The molecule has 0 saturated carbocycles. The zero-order chi connectivity index (χ0) is 15.5. The molecule has 4 nitrogen and oxygen atoms in total. The molecule has 1 unspecified atom stereocenters. The second kappa shape index (κ2) is 6.61. The number of hydrogen-bond donors (Lipinski definition) is 1. The molecule has 1 atom stereocenters. The monoisotopic (exact) mass is 306 g/mol. The van der Waals surface area contributed by atoms with Crippen molar-refractivity contribution in [1.29, 1.82) is 0 Å². The van der Waals surface area contributed by atoms with Gasteiger partial charge in [0, 0.05) is 18.2 Å². The van der Waals surface area contributed by atoms with Crippen molar-refractivity contribution in [2.75, 3.05) is 13.1 Å². The van der Waals surface area contributed by atoms with Gasteiger partial charge in [-0.15, -0.1) is 0 Å². The fraction of sp³-hybridized carbons (Fsp3) is 0.500. The predicted octanol–water partition coefficient (Wildman–Crippen LogP) is 1.87. The van der Waals surface area contributed by atoms with E-state index in [4.69, 9.17) is 5.73 Å². The van der Waals surface area contributed by atoms with E-state index in [1.165, 1.54) is 0 Å². The van der Waals surface area contributed by atoms with Crippen molar-refractivity contribution in [2.24, 2.45) is 5.73 Å². The lowest BCUT2D eigenvalue weighted by Gasteiger charge is -2.32. The third kappa shape index (κ3) is 3.46. The minimum atomic E-state index is -3.41. The Hall–Kier alpha value is -1.35. The zero-order valence-corrected chi connectivity index (χ0v) is 13.4. The van der Waals surface area contributed by atoms with Crippen LogP contribution in [0.1, 0.15) is 37.3 Å². The van der Waals surface area contributed by atoms with Crippen molar-refractivity contribution in [2.45, 2.75) is 44.0 Å². The quantitative estimate of drug-likeness (QED) is 0.848. The van der Waals surface area contributed by atoms with Crippen molar-refractivity contribution in [3.8, 4) is 11.8 Å². The molecule has 0 radical (unpaired) electrons. The van der Waals surface area contributed by atoms with Crippen LogP contribution in [-0.4, -0.2) is 31.9 Å². The summed E-state index contributed by atoms with van der Waals surface area (Å²) < 4.78 is 27.1. The van der Waals surface area contributed by atoms with E-state index in [1.807, 2.05) is 13.8 Å². The van der Waals surface area contributed by atoms with Crippen molar-refractivity contribution in [1.82, 2.24) is 4.31 Å². The molecule has 1 saturated heterocycles. The van der Waals surface area contributed by atoms with E-state index in [2.05, 4.69) is 11.8 Å². The van der Waals surface area contributed by atoms with Gasteiger partial charge in [0.1, 0.15) is 0 Å². The van der Waals surface area contributed by atoms with E-state index in [1.54, 1.807) is 22.5 Å². The summed E-state index contributed by atoms with van der Waals surface area (Å²) >= 11 is 0. The summed E-state index contributed by atoms with van der Waals surface area (Å²) in [4.78, 5) is 0.354. The number of rotatable bonds is 2. The van der Waals surface area contributed by atoms with Crippen molar-refractivity contribution in [3.63, 3.8) is 0 Å². The second-order valence-electron chi connectivity index (χ2n) is 5.44. The van der Waals surface area contributed by atoms with Gasteiger partial charge >= 0.3 is 0 Å². The maximum Gasteiger partial charge on any atom is 0.243 e. The molecule has 1 fully saturated rings. The van der Waals surface area contributed by atoms with Crippen LogP contribution in [0, 0.1) is 18.8 Å². The van der Waals surface area contributed by atoms with Crippen molar-refractivity contribution < 1.29 is 8.42 Å². The van der Waals surface area contributed by atoms with E-state index >= 15 is 0 Å². The largest absolute Gasteiger partial charge is 0.320 e. The van der Waals surface area contributed by atoms with Crippen molar-refractivity contribution in [3.05, 3.63) is 29.3 Å². The maximum absolute atomic E-state index is 12.7. The molecule has 1 aromatic rings. The summed E-state index contributed by atoms with van der Waals surface area (Å²) in [5.74, 6) is 5.75. The number of aryl methyl sites for hydroxylation is 1. The van der Waals surface area contributed by atoms with Gasteiger partial charge in [0.15, 0.2) is 0 Å². The molecule has 0 spiro atoms. The molecule has 1 aliphatic rings. The molecular weight excluding hydrogens is 284 g/mol. The van der Waals surface area contributed by atoms with Gasteiger partial charge in [0.05, 0.1) is 11.4 Å². The predicted molar refractivity (Wildman–Crippen MR) is 84.3 cm³/mol. The normalized spacial score (nSPS) is 19.9. The number of nitrogens with two attached hydrogens (primary N) is 1. The summed E-state index contributed by atoms with van der Waals surface area (Å²) in [5, 5.41) is 0. The molecule has 2 rings (SSSR count). The molecule has 5 heteroatoms. The molecule has 2 N–H and O–H groups in total. The SMILES string of the molecule is Cc1cc(S(=O)(=O)N2CCCCC2C)ccc1C#CCN. The molecule has 21 heavy (non-hydrogen) atoms. The number of piperidine rings is 1. The van der Waals surface area contributed by atoms with E-state index in [9.17, 15) is 8.42 Å². The third-order valence-electron chi connectivity index (χ3n) is 3.87. The first-order chi connectivity index (χ1) is 9.96. The van der Waals surface area contributed by atoms with E-state index in [-0.39, 0.29) is 6.04 Å². The van der Waals surface area contributed by atoms with E-state index in [0.29, 0.717) is 18.0 Å². The molecule has 1 aliphatic heterocycles. The Morgan fingerprint density at radius 2 is 2.14 bits per heavy atom. The average Bonchev–Trinajstić information content (AvgIpc) is 2.46. The highest BCUT2D eigenvalue weighted by molar-refractivity contribution is 7.89. The number of nitrogens with zero attached hydrogens (tertiary/aromatic N) is 1. The summed E-state index contributed by atoms with van der Waals surface area (Å²) in [7, 11) is -3.41. The smallest absolute Gasteiger partial charge is 0.243 e. The third-order valence-corrected chi connectivity index (χ3v) is 5.88. The van der Waals surface area contributed by atoms with Gasteiger partial charge in [-0.2, -0.15) is 4.31 Å². The van der Waals surface area contributed by atoms with Crippen LogP contribution in [0.15, 0.2) is 23.1 Å². The lowest BCUT2D eigenvalue weighted by molar-refractivity contribution is 0.268. The zero-order valence-electron chi connectivity index (χ0n) is 12.6. The Kier molecular flexibility index (Phi) is 5.04.